The molecule has 3 rings (SSSR count). The summed E-state index contributed by atoms with van der Waals surface area (Å²) in [6, 6.07) is 15.8. The van der Waals surface area contributed by atoms with Gasteiger partial charge in [-0.2, -0.15) is 0 Å². The normalized spacial score (nSPS) is 11.0. The first-order chi connectivity index (χ1) is 14.2. The van der Waals surface area contributed by atoms with E-state index in [0.29, 0.717) is 12.3 Å². The fraction of sp³-hybridized carbons (Fsp3) is 0.273. The lowest BCUT2D eigenvalue weighted by molar-refractivity contribution is -0.119. The van der Waals surface area contributed by atoms with Crippen molar-refractivity contribution in [1.29, 1.82) is 0 Å². The molecule has 1 aromatic heterocycles. The number of rotatable bonds is 9. The van der Waals surface area contributed by atoms with E-state index in [4.69, 9.17) is 10.5 Å². The average molecular weight is 521 g/mol. The summed E-state index contributed by atoms with van der Waals surface area (Å²) in [6.45, 7) is 3.95. The molecule has 160 valence electrons. The van der Waals surface area contributed by atoms with Crippen LogP contribution in [-0.4, -0.2) is 36.5 Å². The van der Waals surface area contributed by atoms with E-state index >= 15 is 0 Å². The Hall–Kier alpha value is -2.75. The van der Waals surface area contributed by atoms with Gasteiger partial charge in [0.15, 0.2) is 12.6 Å². The standard InChI is InChI=1S/C22H27N5O2.HI/c1-2-24-22(25-11-10-17-14-26-20-9-4-3-8-19(17)20)27-13-16-6-5-7-18(12-16)29-15-21(23)28;/h3-9,12,14,26H,2,10-11,13,15H2,1H3,(H2,23,28)(H2,24,25,27);1H. The van der Waals surface area contributed by atoms with E-state index in [0.717, 1.165) is 36.6 Å². The van der Waals surface area contributed by atoms with Crippen molar-refractivity contribution >= 4 is 46.7 Å². The number of ether oxygens (including phenoxy) is 1. The Morgan fingerprint density at radius 1 is 1.17 bits per heavy atom. The molecule has 0 aliphatic rings. The van der Waals surface area contributed by atoms with Gasteiger partial charge in [0.2, 0.25) is 0 Å². The maximum absolute atomic E-state index is 10.9. The number of benzene rings is 2. The number of nitrogens with zero attached hydrogens (tertiary/aromatic N) is 1. The minimum absolute atomic E-state index is 0. The highest BCUT2D eigenvalue weighted by Gasteiger charge is 2.04. The molecule has 0 spiro atoms. The fourth-order valence-corrected chi connectivity index (χ4v) is 3.05. The number of carbonyl (C=O) groups is 1. The number of halogens is 1. The Morgan fingerprint density at radius 2 is 2.00 bits per heavy atom. The van der Waals surface area contributed by atoms with Gasteiger partial charge in [-0.3, -0.25) is 4.79 Å². The van der Waals surface area contributed by atoms with Crippen LogP contribution in [0.1, 0.15) is 18.1 Å². The van der Waals surface area contributed by atoms with Crippen molar-refractivity contribution in [3.8, 4) is 5.75 Å². The summed E-state index contributed by atoms with van der Waals surface area (Å²) in [5.41, 5.74) is 8.54. The molecule has 8 heteroatoms. The van der Waals surface area contributed by atoms with Crippen molar-refractivity contribution in [3.05, 3.63) is 65.9 Å². The van der Waals surface area contributed by atoms with E-state index in [1.165, 1.54) is 10.9 Å². The topological polar surface area (TPSA) is 105 Å². The number of aromatic amines is 1. The molecule has 0 saturated carbocycles. The quantitative estimate of drug-likeness (QED) is 0.198. The summed E-state index contributed by atoms with van der Waals surface area (Å²) in [5.74, 6) is 0.867. The van der Waals surface area contributed by atoms with Crippen molar-refractivity contribution in [1.82, 2.24) is 15.6 Å². The van der Waals surface area contributed by atoms with E-state index in [1.807, 2.05) is 31.2 Å². The summed E-state index contributed by atoms with van der Waals surface area (Å²) in [6.07, 6.45) is 2.96. The molecule has 7 nitrogen and oxygen atoms in total. The van der Waals surface area contributed by atoms with Crippen LogP contribution in [0.4, 0.5) is 0 Å². The van der Waals surface area contributed by atoms with Gasteiger partial charge in [0.05, 0.1) is 6.54 Å². The number of aliphatic imine (C=N–C) groups is 1. The number of para-hydroxylation sites is 1. The number of hydrogen-bond acceptors (Lipinski definition) is 3. The maximum Gasteiger partial charge on any atom is 0.255 e. The summed E-state index contributed by atoms with van der Waals surface area (Å²) >= 11 is 0. The maximum atomic E-state index is 10.9. The third-order valence-electron chi connectivity index (χ3n) is 4.41. The third-order valence-corrected chi connectivity index (χ3v) is 4.41. The predicted molar refractivity (Wildman–Crippen MR) is 131 cm³/mol. The van der Waals surface area contributed by atoms with Gasteiger partial charge in [0, 0.05) is 30.2 Å². The molecular weight excluding hydrogens is 493 g/mol. The Labute approximate surface area is 193 Å². The number of guanidine groups is 1. The van der Waals surface area contributed by atoms with Crippen LogP contribution in [0.3, 0.4) is 0 Å². The van der Waals surface area contributed by atoms with Gasteiger partial charge in [-0.15, -0.1) is 24.0 Å². The van der Waals surface area contributed by atoms with Crippen LogP contribution < -0.4 is 21.1 Å². The molecule has 3 aromatic rings. The Morgan fingerprint density at radius 3 is 2.80 bits per heavy atom. The number of fused-ring (bicyclic) bond motifs is 1. The second-order valence-electron chi connectivity index (χ2n) is 6.63. The lowest BCUT2D eigenvalue weighted by Crippen LogP contribution is -2.38. The van der Waals surface area contributed by atoms with E-state index in [-0.39, 0.29) is 30.6 Å². The Kier molecular flexibility index (Phi) is 9.46. The molecule has 30 heavy (non-hydrogen) atoms. The summed E-state index contributed by atoms with van der Waals surface area (Å²) in [5, 5.41) is 7.90. The largest absolute Gasteiger partial charge is 0.484 e. The zero-order chi connectivity index (χ0) is 20.5. The molecule has 0 radical (unpaired) electrons. The van der Waals surface area contributed by atoms with Crippen molar-refractivity contribution < 1.29 is 9.53 Å². The molecule has 0 saturated heterocycles. The number of primary amides is 1. The smallest absolute Gasteiger partial charge is 0.255 e. The first-order valence-electron chi connectivity index (χ1n) is 9.73. The molecule has 1 heterocycles. The zero-order valence-electron chi connectivity index (χ0n) is 17.0. The first-order valence-corrected chi connectivity index (χ1v) is 9.73. The van der Waals surface area contributed by atoms with E-state index in [1.54, 1.807) is 6.07 Å². The first kappa shape index (κ1) is 23.5. The number of nitrogens with two attached hydrogens (primary N) is 1. The molecule has 1 amide bonds. The minimum Gasteiger partial charge on any atom is -0.484 e. The van der Waals surface area contributed by atoms with Crippen LogP contribution in [0.15, 0.2) is 59.7 Å². The number of carbonyl (C=O) groups excluding carboxylic acids is 1. The van der Waals surface area contributed by atoms with Crippen molar-refractivity contribution in [3.63, 3.8) is 0 Å². The lowest BCUT2D eigenvalue weighted by atomic mass is 10.1. The summed E-state index contributed by atoms with van der Waals surface area (Å²) in [7, 11) is 0. The highest BCUT2D eigenvalue weighted by molar-refractivity contribution is 14.0. The van der Waals surface area contributed by atoms with Crippen molar-refractivity contribution in [2.24, 2.45) is 10.7 Å². The Balaban J connectivity index is 0.00000320. The highest BCUT2D eigenvalue weighted by atomic mass is 127. The van der Waals surface area contributed by atoms with Crippen LogP contribution in [0.25, 0.3) is 10.9 Å². The van der Waals surface area contributed by atoms with Gasteiger partial charge in [-0.25, -0.2) is 4.99 Å². The second-order valence-corrected chi connectivity index (χ2v) is 6.63. The molecule has 0 fully saturated rings. The second kappa shape index (κ2) is 12.1. The monoisotopic (exact) mass is 521 g/mol. The summed E-state index contributed by atoms with van der Waals surface area (Å²) in [4.78, 5) is 18.8. The van der Waals surface area contributed by atoms with Gasteiger partial charge < -0.3 is 26.1 Å². The molecule has 0 bridgehead atoms. The van der Waals surface area contributed by atoms with Gasteiger partial charge in [0.1, 0.15) is 5.75 Å². The van der Waals surface area contributed by atoms with Crippen LogP contribution in [0, 0.1) is 0 Å². The van der Waals surface area contributed by atoms with Crippen LogP contribution in [0.2, 0.25) is 0 Å². The molecule has 0 aliphatic carbocycles. The molecule has 5 N–H and O–H groups in total. The number of H-pyrrole nitrogens is 1. The molecule has 0 unspecified atom stereocenters. The zero-order valence-corrected chi connectivity index (χ0v) is 19.3. The molecular formula is C22H28IN5O2. The number of hydrogen-bond donors (Lipinski definition) is 4. The molecule has 0 aliphatic heterocycles. The van der Waals surface area contributed by atoms with Gasteiger partial charge in [-0.05, 0) is 42.7 Å². The highest BCUT2D eigenvalue weighted by Crippen LogP contribution is 2.17. The minimum atomic E-state index is -0.498. The fourth-order valence-electron chi connectivity index (χ4n) is 3.05. The third kappa shape index (κ3) is 6.94. The number of aromatic nitrogens is 1. The molecule has 2 aromatic carbocycles. The van der Waals surface area contributed by atoms with E-state index in [2.05, 4.69) is 45.0 Å². The van der Waals surface area contributed by atoms with Crippen LogP contribution in [-0.2, 0) is 17.8 Å². The van der Waals surface area contributed by atoms with Crippen LogP contribution >= 0.6 is 24.0 Å². The van der Waals surface area contributed by atoms with E-state index in [9.17, 15) is 4.79 Å². The Bertz CT molecular complexity index is 986. The van der Waals surface area contributed by atoms with Gasteiger partial charge >= 0.3 is 0 Å². The van der Waals surface area contributed by atoms with Crippen molar-refractivity contribution in [2.45, 2.75) is 19.9 Å². The lowest BCUT2D eigenvalue weighted by Gasteiger charge is -2.11. The van der Waals surface area contributed by atoms with Crippen LogP contribution in [0.5, 0.6) is 5.75 Å². The predicted octanol–water partition coefficient (Wildman–Crippen LogP) is 2.95. The summed E-state index contributed by atoms with van der Waals surface area (Å²) < 4.78 is 5.35. The number of amides is 1. The van der Waals surface area contributed by atoms with Crippen molar-refractivity contribution in [2.75, 3.05) is 19.7 Å². The van der Waals surface area contributed by atoms with Gasteiger partial charge in [-0.1, -0.05) is 30.3 Å². The molecule has 0 atom stereocenters. The SMILES string of the molecule is CCNC(=NCc1cccc(OCC(N)=O)c1)NCCc1c[nH]c2ccccc12.I. The number of nitrogens with one attached hydrogen (secondary N) is 3. The van der Waals surface area contributed by atoms with E-state index < -0.39 is 5.91 Å². The average Bonchev–Trinajstić information content (AvgIpc) is 3.14. The van der Waals surface area contributed by atoms with Gasteiger partial charge in [0.25, 0.3) is 5.91 Å².